The van der Waals surface area contributed by atoms with Gasteiger partial charge in [-0.3, -0.25) is 4.79 Å². The second-order valence-electron chi connectivity index (χ2n) is 7.29. The number of likely N-dealkylation sites (N-methyl/N-ethyl adjacent to an activating group) is 1. The number of aromatic amines is 1. The number of aliphatic hydroxyl groups is 1. The summed E-state index contributed by atoms with van der Waals surface area (Å²) in [5.74, 6) is 0.838. The van der Waals surface area contributed by atoms with Crippen LogP contribution < -0.4 is 0 Å². The monoisotopic (exact) mass is 335 g/mol. The van der Waals surface area contributed by atoms with Crippen LogP contribution in [0.15, 0.2) is 6.20 Å². The molecular formula is C17H29N5O2. The van der Waals surface area contributed by atoms with Gasteiger partial charge in [0.2, 0.25) is 0 Å². The third-order valence-electron chi connectivity index (χ3n) is 5.31. The number of H-pyrrole nitrogens is 1. The molecule has 2 atom stereocenters. The minimum Gasteiger partial charge on any atom is -0.396 e. The number of likely N-dealkylation sites (tertiary alicyclic amines) is 1. The van der Waals surface area contributed by atoms with Crippen molar-refractivity contribution in [1.29, 1.82) is 0 Å². The molecule has 0 aliphatic carbocycles. The van der Waals surface area contributed by atoms with Gasteiger partial charge in [-0.25, -0.2) is 4.98 Å². The predicted octanol–water partition coefficient (Wildman–Crippen LogP) is 0.0361. The number of nitrogens with one attached hydrogen (secondary N) is 1. The second kappa shape index (κ2) is 7.63. The summed E-state index contributed by atoms with van der Waals surface area (Å²) in [7, 11) is 2.17. The second-order valence-corrected chi connectivity index (χ2v) is 7.29. The van der Waals surface area contributed by atoms with Gasteiger partial charge in [0.25, 0.3) is 5.91 Å². The summed E-state index contributed by atoms with van der Waals surface area (Å²) < 4.78 is 0. The van der Waals surface area contributed by atoms with Gasteiger partial charge in [0.15, 0.2) is 5.82 Å². The van der Waals surface area contributed by atoms with Gasteiger partial charge in [-0.05, 0) is 39.4 Å². The molecule has 1 aromatic heterocycles. The van der Waals surface area contributed by atoms with Crippen molar-refractivity contribution in [3.05, 3.63) is 17.7 Å². The summed E-state index contributed by atoms with van der Waals surface area (Å²) in [5.41, 5.74) is 0.890. The molecule has 2 aliphatic rings. The van der Waals surface area contributed by atoms with Crippen molar-refractivity contribution in [3.8, 4) is 0 Å². The molecule has 0 saturated carbocycles. The molecule has 0 aromatic carbocycles. The van der Waals surface area contributed by atoms with Gasteiger partial charge in [-0.2, -0.15) is 0 Å². The summed E-state index contributed by atoms with van der Waals surface area (Å²) in [5, 5.41) is 9.75. The molecule has 7 heteroatoms. The molecule has 2 fully saturated rings. The van der Waals surface area contributed by atoms with E-state index in [9.17, 15) is 9.90 Å². The molecule has 134 valence electrons. The zero-order valence-corrected chi connectivity index (χ0v) is 14.7. The Hall–Kier alpha value is -1.44. The number of carbonyl (C=O) groups is 1. The number of aromatic nitrogens is 2. The van der Waals surface area contributed by atoms with E-state index in [2.05, 4.69) is 26.8 Å². The number of hydrogen-bond donors (Lipinski definition) is 2. The van der Waals surface area contributed by atoms with Crippen LogP contribution in [0.3, 0.4) is 0 Å². The molecule has 0 spiro atoms. The van der Waals surface area contributed by atoms with Crippen LogP contribution in [0.2, 0.25) is 0 Å². The SMILES string of the molecule is Cc1cnc(C(=O)N2C[C@@H](CN3CCCN(C)CC3)[C@@H](CO)C2)[nH]1. The molecule has 3 rings (SSSR count). The largest absolute Gasteiger partial charge is 0.396 e. The van der Waals surface area contributed by atoms with E-state index in [1.165, 1.54) is 6.42 Å². The number of carbonyl (C=O) groups excluding carboxylic acids is 1. The Morgan fingerprint density at radius 1 is 1.29 bits per heavy atom. The van der Waals surface area contributed by atoms with Crippen LogP contribution in [0.5, 0.6) is 0 Å². The fourth-order valence-corrected chi connectivity index (χ4v) is 3.80. The lowest BCUT2D eigenvalue weighted by atomic mass is 9.96. The number of hydrogen-bond acceptors (Lipinski definition) is 5. The first kappa shape index (κ1) is 17.4. The highest BCUT2D eigenvalue weighted by molar-refractivity contribution is 5.90. The Labute approximate surface area is 143 Å². The van der Waals surface area contributed by atoms with Crippen molar-refractivity contribution in [1.82, 2.24) is 24.7 Å². The molecule has 1 aromatic rings. The van der Waals surface area contributed by atoms with Gasteiger partial charge < -0.3 is 24.8 Å². The van der Waals surface area contributed by atoms with Gasteiger partial charge in [0.05, 0.1) is 0 Å². The topological polar surface area (TPSA) is 75.7 Å². The maximum Gasteiger partial charge on any atom is 0.289 e. The molecule has 2 N–H and O–H groups in total. The Balaban J connectivity index is 1.60. The van der Waals surface area contributed by atoms with E-state index >= 15 is 0 Å². The highest BCUT2D eigenvalue weighted by Crippen LogP contribution is 2.25. The molecule has 0 bridgehead atoms. The first-order valence-electron chi connectivity index (χ1n) is 8.89. The maximum atomic E-state index is 12.6. The van der Waals surface area contributed by atoms with Crippen LogP contribution in [0, 0.1) is 18.8 Å². The van der Waals surface area contributed by atoms with Crippen LogP contribution in [-0.2, 0) is 0 Å². The third kappa shape index (κ3) is 3.96. The lowest BCUT2D eigenvalue weighted by molar-refractivity contribution is 0.0768. The molecule has 0 radical (unpaired) electrons. The fourth-order valence-electron chi connectivity index (χ4n) is 3.80. The van der Waals surface area contributed by atoms with E-state index in [-0.39, 0.29) is 18.4 Å². The molecule has 2 aliphatic heterocycles. The van der Waals surface area contributed by atoms with Gasteiger partial charge >= 0.3 is 0 Å². The van der Waals surface area contributed by atoms with E-state index in [0.717, 1.165) is 38.4 Å². The van der Waals surface area contributed by atoms with Crippen LogP contribution in [0.4, 0.5) is 0 Å². The van der Waals surface area contributed by atoms with Crippen LogP contribution in [-0.4, -0.2) is 95.1 Å². The number of imidazole rings is 1. The quantitative estimate of drug-likeness (QED) is 0.812. The Morgan fingerprint density at radius 3 is 2.79 bits per heavy atom. The number of amides is 1. The summed E-state index contributed by atoms with van der Waals surface area (Å²) in [6.45, 7) is 8.71. The summed E-state index contributed by atoms with van der Waals surface area (Å²) in [4.78, 5) is 26.4. The third-order valence-corrected chi connectivity index (χ3v) is 5.31. The smallest absolute Gasteiger partial charge is 0.289 e. The summed E-state index contributed by atoms with van der Waals surface area (Å²) in [6.07, 6.45) is 2.86. The molecular weight excluding hydrogens is 306 g/mol. The molecule has 24 heavy (non-hydrogen) atoms. The first-order chi connectivity index (χ1) is 11.6. The zero-order valence-electron chi connectivity index (χ0n) is 14.7. The van der Waals surface area contributed by atoms with Crippen LogP contribution in [0.25, 0.3) is 0 Å². The van der Waals surface area contributed by atoms with E-state index < -0.39 is 0 Å². The molecule has 1 amide bonds. The number of nitrogens with zero attached hydrogens (tertiary/aromatic N) is 4. The van der Waals surface area contributed by atoms with E-state index in [1.54, 1.807) is 6.20 Å². The Bertz CT molecular complexity index is 561. The van der Waals surface area contributed by atoms with Crippen molar-refractivity contribution in [2.75, 3.05) is 59.5 Å². The van der Waals surface area contributed by atoms with Gasteiger partial charge in [-0.1, -0.05) is 0 Å². The van der Waals surface area contributed by atoms with Gasteiger partial charge in [-0.15, -0.1) is 0 Å². The molecule has 2 saturated heterocycles. The lowest BCUT2D eigenvalue weighted by Gasteiger charge is -2.26. The van der Waals surface area contributed by atoms with Crippen molar-refractivity contribution < 1.29 is 9.90 Å². The van der Waals surface area contributed by atoms with E-state index in [1.807, 2.05) is 11.8 Å². The number of aryl methyl sites for hydroxylation is 1. The molecule has 0 unspecified atom stereocenters. The zero-order chi connectivity index (χ0) is 17.1. The van der Waals surface area contributed by atoms with Crippen molar-refractivity contribution in [3.63, 3.8) is 0 Å². The standard InChI is InChI=1S/C17H29N5O2/c1-13-8-18-16(19-13)17(24)22-10-14(15(11-22)12-23)9-21-5-3-4-20(2)6-7-21/h8,14-15,23H,3-7,9-12H2,1-2H3,(H,18,19)/t14-,15-/m1/s1. The number of rotatable bonds is 4. The summed E-state index contributed by atoms with van der Waals surface area (Å²) in [6, 6.07) is 0. The average Bonchev–Trinajstić information content (AvgIpc) is 3.12. The average molecular weight is 335 g/mol. The highest BCUT2D eigenvalue weighted by Gasteiger charge is 2.36. The Kier molecular flexibility index (Phi) is 5.53. The highest BCUT2D eigenvalue weighted by atomic mass is 16.3. The minimum absolute atomic E-state index is 0.0559. The van der Waals surface area contributed by atoms with Crippen molar-refractivity contribution in [2.24, 2.45) is 11.8 Å². The van der Waals surface area contributed by atoms with Crippen LogP contribution >= 0.6 is 0 Å². The number of aliphatic hydroxyl groups excluding tert-OH is 1. The van der Waals surface area contributed by atoms with E-state index in [4.69, 9.17) is 0 Å². The fraction of sp³-hybridized carbons (Fsp3) is 0.765. The normalized spacial score (nSPS) is 26.7. The predicted molar refractivity (Wildman–Crippen MR) is 91.8 cm³/mol. The minimum atomic E-state index is -0.0559. The van der Waals surface area contributed by atoms with Gasteiger partial charge in [0, 0.05) is 57.1 Å². The van der Waals surface area contributed by atoms with Crippen molar-refractivity contribution in [2.45, 2.75) is 13.3 Å². The maximum absolute atomic E-state index is 12.6. The lowest BCUT2D eigenvalue weighted by Crippen LogP contribution is -2.36. The van der Waals surface area contributed by atoms with Crippen LogP contribution in [0.1, 0.15) is 22.7 Å². The molecule has 7 nitrogen and oxygen atoms in total. The van der Waals surface area contributed by atoms with E-state index in [0.29, 0.717) is 24.8 Å². The Morgan fingerprint density at radius 2 is 2.08 bits per heavy atom. The van der Waals surface area contributed by atoms with Crippen molar-refractivity contribution >= 4 is 5.91 Å². The van der Waals surface area contributed by atoms with Gasteiger partial charge in [0.1, 0.15) is 0 Å². The first-order valence-corrected chi connectivity index (χ1v) is 8.89. The summed E-state index contributed by atoms with van der Waals surface area (Å²) >= 11 is 0. The molecule has 3 heterocycles.